The zero-order valence-corrected chi connectivity index (χ0v) is 20.2. The molecule has 2 aliphatic rings. The lowest BCUT2D eigenvalue weighted by Gasteiger charge is -2.25. The Bertz CT molecular complexity index is 1180. The van der Waals surface area contributed by atoms with Crippen molar-refractivity contribution in [3.63, 3.8) is 0 Å². The second kappa shape index (κ2) is 10.7. The Morgan fingerprint density at radius 2 is 2.03 bits per heavy atom. The number of carbonyl (C=O) groups is 1. The molecule has 1 unspecified atom stereocenters. The Kier molecular flexibility index (Phi) is 7.44. The molecular weight excluding hydrogens is 476 g/mol. The molecule has 176 valence electrons. The molecule has 34 heavy (non-hydrogen) atoms. The number of oxime groups is 1. The molecule has 1 atom stereocenters. The minimum atomic E-state index is -1.08. The number of carboxylic acid groups (broad SMARTS) is 1. The number of hydrazone groups is 1. The number of allylic oxidation sites excluding steroid dienone is 2. The first-order valence-electron chi connectivity index (χ1n) is 10.4. The standard InChI is InChI=1S/C24H23ClN4O4S/c1-16-22(29-24(34-16)28(15-26-29)19-9-7-18(25)8-10-19)11-12-27-33-13-17-5-3-4-6-20(17)21(14-32-2)23(30)31/h3-10,12,14-15,24H,11,13H2,1-2H3,(H,30,31). The first-order chi connectivity index (χ1) is 16.5. The third-order valence-electron chi connectivity index (χ3n) is 5.26. The molecule has 10 heteroatoms. The van der Waals surface area contributed by atoms with Gasteiger partial charge >= 0.3 is 5.97 Å². The van der Waals surface area contributed by atoms with Crippen molar-refractivity contribution in [2.75, 3.05) is 12.0 Å². The lowest BCUT2D eigenvalue weighted by Crippen LogP contribution is -2.33. The van der Waals surface area contributed by atoms with E-state index in [1.807, 2.05) is 41.7 Å². The van der Waals surface area contributed by atoms with Crippen LogP contribution in [0.2, 0.25) is 5.02 Å². The van der Waals surface area contributed by atoms with Crippen molar-refractivity contribution < 1.29 is 19.5 Å². The van der Waals surface area contributed by atoms with Crippen molar-refractivity contribution in [1.82, 2.24) is 5.01 Å². The Labute approximate surface area is 206 Å². The van der Waals surface area contributed by atoms with E-state index in [0.29, 0.717) is 22.6 Å². The summed E-state index contributed by atoms with van der Waals surface area (Å²) < 4.78 is 4.91. The van der Waals surface area contributed by atoms with Gasteiger partial charge in [0.05, 0.1) is 19.1 Å². The van der Waals surface area contributed by atoms with E-state index in [2.05, 4.69) is 22.1 Å². The number of aliphatic carboxylic acids is 1. The van der Waals surface area contributed by atoms with Crippen molar-refractivity contribution >= 4 is 53.1 Å². The van der Waals surface area contributed by atoms with Crippen molar-refractivity contribution in [3.8, 4) is 0 Å². The van der Waals surface area contributed by atoms with Crippen LogP contribution in [0, 0.1) is 0 Å². The van der Waals surface area contributed by atoms with Crippen LogP contribution in [0.1, 0.15) is 24.5 Å². The van der Waals surface area contributed by atoms with E-state index in [0.717, 1.165) is 16.3 Å². The fourth-order valence-corrected chi connectivity index (χ4v) is 4.95. The van der Waals surface area contributed by atoms with Gasteiger partial charge in [-0.15, -0.1) is 0 Å². The van der Waals surface area contributed by atoms with E-state index < -0.39 is 5.97 Å². The first-order valence-corrected chi connectivity index (χ1v) is 11.7. The minimum absolute atomic E-state index is 0.0133. The largest absolute Gasteiger partial charge is 0.503 e. The summed E-state index contributed by atoms with van der Waals surface area (Å²) >= 11 is 7.73. The van der Waals surface area contributed by atoms with E-state index in [9.17, 15) is 9.90 Å². The van der Waals surface area contributed by atoms with Crippen LogP contribution in [0.5, 0.6) is 0 Å². The molecule has 0 saturated carbocycles. The van der Waals surface area contributed by atoms with Crippen LogP contribution < -0.4 is 4.90 Å². The van der Waals surface area contributed by atoms with Crippen molar-refractivity contribution in [3.05, 3.63) is 81.5 Å². The predicted molar refractivity (Wildman–Crippen MR) is 135 cm³/mol. The van der Waals surface area contributed by atoms with Crippen LogP contribution >= 0.6 is 23.4 Å². The first kappa shape index (κ1) is 23.7. The Balaban J connectivity index is 1.36. The molecule has 0 spiro atoms. The zero-order chi connectivity index (χ0) is 24.1. The number of nitrogens with zero attached hydrogens (tertiary/aromatic N) is 4. The highest BCUT2D eigenvalue weighted by Crippen LogP contribution is 2.44. The fraction of sp³-hybridized carbons (Fsp3) is 0.208. The topological polar surface area (TPSA) is 87.0 Å². The number of fused-ring (bicyclic) bond motifs is 1. The normalized spacial score (nSPS) is 17.6. The third kappa shape index (κ3) is 5.05. The van der Waals surface area contributed by atoms with Gasteiger partial charge in [-0.3, -0.25) is 4.90 Å². The predicted octanol–water partition coefficient (Wildman–Crippen LogP) is 5.33. The molecular formula is C24H23ClN4O4S. The summed E-state index contributed by atoms with van der Waals surface area (Å²) in [5.41, 5.74) is 3.35. The van der Waals surface area contributed by atoms with E-state index in [1.54, 1.807) is 36.2 Å². The van der Waals surface area contributed by atoms with Gasteiger partial charge in [0.2, 0.25) is 0 Å². The molecule has 4 rings (SSSR count). The average Bonchev–Trinajstić information content (AvgIpc) is 3.36. The molecule has 8 nitrogen and oxygen atoms in total. The second-order valence-corrected chi connectivity index (χ2v) is 9.11. The third-order valence-corrected chi connectivity index (χ3v) is 6.74. The minimum Gasteiger partial charge on any atom is -0.503 e. The molecule has 2 aliphatic heterocycles. The molecule has 0 amide bonds. The molecule has 0 aliphatic carbocycles. The van der Waals surface area contributed by atoms with Gasteiger partial charge in [-0.2, -0.15) is 5.10 Å². The summed E-state index contributed by atoms with van der Waals surface area (Å²) in [7, 11) is 1.41. The number of thioether (sulfide) groups is 1. The summed E-state index contributed by atoms with van der Waals surface area (Å²) in [6, 6.07) is 14.8. The van der Waals surface area contributed by atoms with Gasteiger partial charge in [0.25, 0.3) is 0 Å². The number of methoxy groups -OCH3 is 1. The number of halogens is 1. The molecule has 0 fully saturated rings. The van der Waals surface area contributed by atoms with Crippen LogP contribution in [-0.2, 0) is 21.0 Å². The lowest BCUT2D eigenvalue weighted by molar-refractivity contribution is -0.130. The van der Waals surface area contributed by atoms with E-state index in [4.69, 9.17) is 21.2 Å². The second-order valence-electron chi connectivity index (χ2n) is 7.40. The number of hydrogen-bond donors (Lipinski definition) is 1. The maximum atomic E-state index is 11.6. The van der Waals surface area contributed by atoms with E-state index >= 15 is 0 Å². The van der Waals surface area contributed by atoms with Crippen LogP contribution in [0.3, 0.4) is 0 Å². The number of hydrogen-bond acceptors (Lipinski definition) is 8. The van der Waals surface area contributed by atoms with Crippen molar-refractivity contribution in [2.24, 2.45) is 10.3 Å². The van der Waals surface area contributed by atoms with Crippen LogP contribution in [0.4, 0.5) is 5.69 Å². The number of carboxylic acids is 1. The Morgan fingerprint density at radius 3 is 2.76 bits per heavy atom. The van der Waals surface area contributed by atoms with E-state index in [1.165, 1.54) is 13.4 Å². The Morgan fingerprint density at radius 1 is 1.26 bits per heavy atom. The highest BCUT2D eigenvalue weighted by Gasteiger charge is 2.38. The summed E-state index contributed by atoms with van der Waals surface area (Å²) in [6.07, 6.45) is 5.25. The number of anilines is 1. The average molecular weight is 499 g/mol. The number of benzene rings is 2. The summed E-state index contributed by atoms with van der Waals surface area (Å²) in [6.45, 7) is 2.19. The lowest BCUT2D eigenvalue weighted by atomic mass is 10.0. The van der Waals surface area contributed by atoms with Crippen molar-refractivity contribution in [2.45, 2.75) is 25.4 Å². The number of rotatable bonds is 9. The van der Waals surface area contributed by atoms with Crippen LogP contribution in [-0.4, -0.2) is 41.2 Å². The molecule has 2 aromatic carbocycles. The van der Waals surface area contributed by atoms with Gasteiger partial charge in [0.15, 0.2) is 5.50 Å². The molecule has 0 bridgehead atoms. The van der Waals surface area contributed by atoms with Gasteiger partial charge < -0.3 is 14.7 Å². The monoisotopic (exact) mass is 498 g/mol. The Hall–Kier alpha value is -3.43. The maximum Gasteiger partial charge on any atom is 0.339 e. The number of ether oxygens (including phenoxy) is 1. The molecule has 1 N–H and O–H groups in total. The zero-order valence-electron chi connectivity index (χ0n) is 18.6. The summed E-state index contributed by atoms with van der Waals surface area (Å²) in [5, 5.41) is 20.8. The van der Waals surface area contributed by atoms with E-state index in [-0.39, 0.29) is 17.7 Å². The molecule has 0 radical (unpaired) electrons. The summed E-state index contributed by atoms with van der Waals surface area (Å²) in [4.78, 5) is 20.3. The van der Waals surface area contributed by atoms with Gasteiger partial charge in [-0.05, 0) is 36.8 Å². The van der Waals surface area contributed by atoms with Gasteiger partial charge in [0, 0.05) is 33.8 Å². The highest BCUT2D eigenvalue weighted by molar-refractivity contribution is 8.04. The quantitative estimate of drug-likeness (QED) is 0.216. The maximum absolute atomic E-state index is 11.6. The molecule has 0 aromatic heterocycles. The smallest absolute Gasteiger partial charge is 0.339 e. The highest BCUT2D eigenvalue weighted by atomic mass is 35.5. The fourth-order valence-electron chi connectivity index (χ4n) is 3.62. The van der Waals surface area contributed by atoms with Gasteiger partial charge in [0.1, 0.15) is 18.5 Å². The molecule has 0 saturated heterocycles. The van der Waals surface area contributed by atoms with Gasteiger partial charge in [-0.25, -0.2) is 9.80 Å². The van der Waals surface area contributed by atoms with Crippen molar-refractivity contribution in [1.29, 1.82) is 0 Å². The van der Waals surface area contributed by atoms with Crippen LogP contribution in [0.25, 0.3) is 5.57 Å². The van der Waals surface area contributed by atoms with Crippen LogP contribution in [0.15, 0.2) is 75.7 Å². The summed E-state index contributed by atoms with van der Waals surface area (Å²) in [5.74, 6) is -1.08. The SMILES string of the molecule is COC=C(C(=O)O)c1ccccc1CON=CCC1=C(C)SC2N1N=CN2c1ccc(Cl)cc1. The van der Waals surface area contributed by atoms with Gasteiger partial charge in [-0.1, -0.05) is 52.8 Å². The molecule has 2 heterocycles. The molecule has 2 aromatic rings.